The summed E-state index contributed by atoms with van der Waals surface area (Å²) in [6.45, 7) is 3.39. The minimum atomic E-state index is -0.932. The topological polar surface area (TPSA) is 66.4 Å². The molecule has 0 aliphatic carbocycles. The van der Waals surface area contributed by atoms with Gasteiger partial charge < -0.3 is 10.4 Å². The lowest BCUT2D eigenvalue weighted by Gasteiger charge is -2.24. The van der Waals surface area contributed by atoms with Crippen LogP contribution < -0.4 is 5.32 Å². The number of amides is 1. The fourth-order valence-electron chi connectivity index (χ4n) is 1.63. The van der Waals surface area contributed by atoms with Crippen molar-refractivity contribution >= 4 is 23.6 Å². The molecule has 2 N–H and O–H groups in total. The first-order valence-corrected chi connectivity index (χ1v) is 6.75. The molecule has 1 aromatic carbocycles. The lowest BCUT2D eigenvalue weighted by atomic mass is 10.00. The van der Waals surface area contributed by atoms with E-state index in [1.54, 1.807) is 26.0 Å². The lowest BCUT2D eigenvalue weighted by Crippen LogP contribution is -2.45. The number of carboxylic acids is 1. The number of hydrogen-bond donors (Lipinski definition) is 2. The van der Waals surface area contributed by atoms with E-state index in [9.17, 15) is 9.59 Å². The van der Waals surface area contributed by atoms with Gasteiger partial charge in [-0.25, -0.2) is 0 Å². The van der Waals surface area contributed by atoms with Crippen molar-refractivity contribution in [2.24, 2.45) is 0 Å². The van der Waals surface area contributed by atoms with Crippen molar-refractivity contribution in [3.63, 3.8) is 0 Å². The van der Waals surface area contributed by atoms with E-state index in [0.717, 1.165) is 4.90 Å². The van der Waals surface area contributed by atoms with Crippen molar-refractivity contribution in [2.45, 2.75) is 30.7 Å². The van der Waals surface area contributed by atoms with E-state index < -0.39 is 11.5 Å². The number of aliphatic carboxylic acids is 1. The molecule has 0 atom stereocenters. The molecule has 0 fully saturated rings. The third kappa shape index (κ3) is 4.07. The molecular formula is C13H17NO3S. The lowest BCUT2D eigenvalue weighted by molar-refractivity contribution is -0.138. The zero-order valence-corrected chi connectivity index (χ0v) is 11.5. The SMILES string of the molecule is CSc1ccccc1C(=O)NC(C)(C)CC(=O)O. The number of thioether (sulfide) groups is 1. The van der Waals surface area contributed by atoms with Gasteiger partial charge in [0.05, 0.1) is 12.0 Å². The van der Waals surface area contributed by atoms with Gasteiger partial charge in [0.2, 0.25) is 0 Å². The highest BCUT2D eigenvalue weighted by molar-refractivity contribution is 7.98. The van der Waals surface area contributed by atoms with Gasteiger partial charge in [-0.15, -0.1) is 11.8 Å². The molecule has 0 radical (unpaired) electrons. The molecule has 0 aliphatic rings. The van der Waals surface area contributed by atoms with Gasteiger partial charge in [-0.05, 0) is 32.2 Å². The van der Waals surface area contributed by atoms with Crippen LogP contribution >= 0.6 is 11.8 Å². The second-order valence-electron chi connectivity index (χ2n) is 4.61. The monoisotopic (exact) mass is 267 g/mol. The Bertz CT molecular complexity index is 457. The summed E-state index contributed by atoms with van der Waals surface area (Å²) in [5.41, 5.74) is -0.197. The number of nitrogens with one attached hydrogen (secondary N) is 1. The molecule has 0 aliphatic heterocycles. The van der Waals surface area contributed by atoms with Gasteiger partial charge in [-0.3, -0.25) is 9.59 Å². The van der Waals surface area contributed by atoms with E-state index in [4.69, 9.17) is 5.11 Å². The first-order chi connectivity index (χ1) is 8.35. The number of carbonyl (C=O) groups excluding carboxylic acids is 1. The maximum atomic E-state index is 12.1. The van der Waals surface area contributed by atoms with Crippen molar-refractivity contribution < 1.29 is 14.7 Å². The first-order valence-electron chi connectivity index (χ1n) is 5.53. The van der Waals surface area contributed by atoms with Crippen LogP contribution in [-0.4, -0.2) is 28.8 Å². The molecule has 0 spiro atoms. The highest BCUT2D eigenvalue weighted by Gasteiger charge is 2.25. The van der Waals surface area contributed by atoms with Crippen LogP contribution in [0.25, 0.3) is 0 Å². The number of benzene rings is 1. The minimum Gasteiger partial charge on any atom is -0.481 e. The Morgan fingerprint density at radius 1 is 1.33 bits per heavy atom. The summed E-state index contributed by atoms with van der Waals surface area (Å²) in [5.74, 6) is -1.18. The summed E-state index contributed by atoms with van der Waals surface area (Å²) in [5, 5.41) is 11.5. The summed E-state index contributed by atoms with van der Waals surface area (Å²) in [6.07, 6.45) is 1.79. The summed E-state index contributed by atoms with van der Waals surface area (Å²) in [7, 11) is 0. The summed E-state index contributed by atoms with van der Waals surface area (Å²) in [4.78, 5) is 23.7. The molecule has 0 heterocycles. The van der Waals surface area contributed by atoms with Crippen LogP contribution in [0.5, 0.6) is 0 Å². The molecule has 18 heavy (non-hydrogen) atoms. The van der Waals surface area contributed by atoms with Gasteiger partial charge >= 0.3 is 5.97 Å². The van der Waals surface area contributed by atoms with Crippen LogP contribution in [0.2, 0.25) is 0 Å². The van der Waals surface area contributed by atoms with Crippen LogP contribution in [0, 0.1) is 0 Å². The Morgan fingerprint density at radius 3 is 2.50 bits per heavy atom. The van der Waals surface area contributed by atoms with Gasteiger partial charge in [0.25, 0.3) is 5.91 Å². The molecule has 5 heteroatoms. The molecule has 0 saturated carbocycles. The third-order valence-corrected chi connectivity index (χ3v) is 3.19. The maximum Gasteiger partial charge on any atom is 0.305 e. The summed E-state index contributed by atoms with van der Waals surface area (Å²) < 4.78 is 0. The van der Waals surface area contributed by atoms with Crippen molar-refractivity contribution in [3.8, 4) is 0 Å². The molecule has 1 amide bonds. The molecule has 0 unspecified atom stereocenters. The van der Waals surface area contributed by atoms with E-state index in [-0.39, 0.29) is 12.3 Å². The van der Waals surface area contributed by atoms with Crippen LogP contribution in [0.4, 0.5) is 0 Å². The Morgan fingerprint density at radius 2 is 1.94 bits per heavy atom. The van der Waals surface area contributed by atoms with E-state index in [2.05, 4.69) is 5.32 Å². The van der Waals surface area contributed by atoms with Crippen LogP contribution in [0.1, 0.15) is 30.6 Å². The molecule has 0 bridgehead atoms. The predicted molar refractivity (Wildman–Crippen MR) is 72.0 cm³/mol. The second kappa shape index (κ2) is 5.91. The van der Waals surface area contributed by atoms with Crippen LogP contribution in [-0.2, 0) is 4.79 Å². The molecule has 0 aromatic heterocycles. The number of hydrogen-bond acceptors (Lipinski definition) is 3. The largest absolute Gasteiger partial charge is 0.481 e. The summed E-state index contributed by atoms with van der Waals surface area (Å²) >= 11 is 1.49. The molecule has 1 aromatic rings. The molecule has 1 rings (SSSR count). The van der Waals surface area contributed by atoms with Crippen molar-refractivity contribution in [1.82, 2.24) is 5.32 Å². The van der Waals surface area contributed by atoms with Gasteiger partial charge in [-0.2, -0.15) is 0 Å². The van der Waals surface area contributed by atoms with Crippen molar-refractivity contribution in [3.05, 3.63) is 29.8 Å². The average Bonchev–Trinajstić information content (AvgIpc) is 2.26. The average molecular weight is 267 g/mol. The maximum absolute atomic E-state index is 12.1. The highest BCUT2D eigenvalue weighted by atomic mass is 32.2. The number of carboxylic acid groups (broad SMARTS) is 1. The Kier molecular flexibility index (Phi) is 4.78. The van der Waals surface area contributed by atoms with Gasteiger partial charge in [0.15, 0.2) is 0 Å². The predicted octanol–water partition coefficient (Wildman–Crippen LogP) is 2.39. The first kappa shape index (κ1) is 14.6. The Labute approximate surface area is 111 Å². The zero-order valence-electron chi connectivity index (χ0n) is 10.7. The van der Waals surface area contributed by atoms with E-state index in [1.807, 2.05) is 18.4 Å². The molecule has 4 nitrogen and oxygen atoms in total. The Balaban J connectivity index is 2.85. The van der Waals surface area contributed by atoms with E-state index >= 15 is 0 Å². The normalized spacial score (nSPS) is 11.1. The van der Waals surface area contributed by atoms with Crippen molar-refractivity contribution in [2.75, 3.05) is 6.26 Å². The van der Waals surface area contributed by atoms with Gasteiger partial charge in [-0.1, -0.05) is 12.1 Å². The molecular weight excluding hydrogens is 250 g/mol. The Hall–Kier alpha value is -1.49. The standard InChI is InChI=1S/C13H17NO3S/c1-13(2,8-11(15)16)14-12(17)9-6-4-5-7-10(9)18-3/h4-7H,8H2,1-3H3,(H,14,17)(H,15,16). The van der Waals surface area contributed by atoms with Crippen LogP contribution in [0.3, 0.4) is 0 Å². The fourth-order valence-corrected chi connectivity index (χ4v) is 2.22. The highest BCUT2D eigenvalue weighted by Crippen LogP contribution is 2.20. The van der Waals surface area contributed by atoms with Gasteiger partial charge in [0, 0.05) is 10.4 Å². The van der Waals surface area contributed by atoms with Crippen LogP contribution in [0.15, 0.2) is 29.2 Å². The van der Waals surface area contributed by atoms with E-state index in [1.165, 1.54) is 11.8 Å². The second-order valence-corrected chi connectivity index (χ2v) is 5.46. The smallest absolute Gasteiger partial charge is 0.305 e. The quantitative estimate of drug-likeness (QED) is 0.804. The third-order valence-electron chi connectivity index (χ3n) is 2.40. The zero-order chi connectivity index (χ0) is 13.8. The molecule has 0 saturated heterocycles. The summed E-state index contributed by atoms with van der Waals surface area (Å²) in [6, 6.07) is 7.26. The minimum absolute atomic E-state index is 0.111. The fraction of sp³-hybridized carbons (Fsp3) is 0.385. The molecule has 98 valence electrons. The number of rotatable bonds is 5. The van der Waals surface area contributed by atoms with Crippen molar-refractivity contribution in [1.29, 1.82) is 0 Å². The number of carbonyl (C=O) groups is 2. The van der Waals surface area contributed by atoms with E-state index in [0.29, 0.717) is 5.56 Å². The van der Waals surface area contributed by atoms with Gasteiger partial charge in [0.1, 0.15) is 0 Å².